The van der Waals surface area contributed by atoms with Crippen molar-refractivity contribution in [3.05, 3.63) is 59.7 Å². The summed E-state index contributed by atoms with van der Waals surface area (Å²) >= 11 is 0. The van der Waals surface area contributed by atoms with E-state index in [9.17, 15) is 30.7 Å². The van der Waals surface area contributed by atoms with Crippen molar-refractivity contribution in [2.75, 3.05) is 16.2 Å². The largest absolute Gasteiger partial charge is 0.573 e. The topological polar surface area (TPSA) is 71.1 Å². The van der Waals surface area contributed by atoms with Gasteiger partial charge >= 0.3 is 6.36 Å². The van der Waals surface area contributed by atoms with Crippen LogP contribution in [-0.4, -0.2) is 22.4 Å². The average Bonchev–Trinajstić information content (AvgIpc) is 2.76. The first-order valence-electron chi connectivity index (χ1n) is 9.83. The third kappa shape index (κ3) is 6.17. The van der Waals surface area contributed by atoms with Crippen LogP contribution in [0.15, 0.2) is 36.4 Å². The number of ether oxygens (including phenoxy) is 1. The maximum Gasteiger partial charge on any atom is 0.573 e. The van der Waals surface area contributed by atoms with Crippen LogP contribution in [0.3, 0.4) is 0 Å². The summed E-state index contributed by atoms with van der Waals surface area (Å²) in [5, 5.41) is 2.96. The SMILES string of the molecule is CC[C@H](C)Nc1nc(NNc2c(F)c(F)cc(F)c2F)cc(-c2cccc(OC(F)(F)F)c2)n1. The fourth-order valence-electron chi connectivity index (χ4n) is 2.71. The lowest BCUT2D eigenvalue weighted by atomic mass is 10.1. The van der Waals surface area contributed by atoms with E-state index in [4.69, 9.17) is 0 Å². The summed E-state index contributed by atoms with van der Waals surface area (Å²) in [5.41, 5.74) is 3.54. The fraction of sp³-hybridized carbons (Fsp3) is 0.238. The second kappa shape index (κ2) is 10.0. The number of halogens is 7. The first-order valence-corrected chi connectivity index (χ1v) is 9.83. The van der Waals surface area contributed by atoms with Gasteiger partial charge in [-0.15, -0.1) is 13.2 Å². The molecular weight excluding hydrogens is 471 g/mol. The molecule has 1 aromatic heterocycles. The molecule has 1 atom stereocenters. The summed E-state index contributed by atoms with van der Waals surface area (Å²) in [4.78, 5) is 8.36. The smallest absolute Gasteiger partial charge is 0.406 e. The highest BCUT2D eigenvalue weighted by molar-refractivity contribution is 5.66. The third-order valence-electron chi connectivity index (χ3n) is 4.50. The molecule has 0 aliphatic rings. The molecule has 0 radical (unpaired) electrons. The first kappa shape index (κ1) is 24.9. The number of hydrogen-bond acceptors (Lipinski definition) is 6. The minimum absolute atomic E-state index is 0.0321. The van der Waals surface area contributed by atoms with E-state index in [1.54, 1.807) is 0 Å². The molecule has 0 aliphatic heterocycles. The van der Waals surface area contributed by atoms with Crippen LogP contribution in [0.1, 0.15) is 20.3 Å². The van der Waals surface area contributed by atoms with E-state index in [1.807, 2.05) is 19.3 Å². The quantitative estimate of drug-likeness (QED) is 0.198. The Morgan fingerprint density at radius 1 is 0.941 bits per heavy atom. The number of hydrazine groups is 1. The molecule has 1 heterocycles. The zero-order chi connectivity index (χ0) is 25.0. The molecule has 0 unspecified atom stereocenters. The summed E-state index contributed by atoms with van der Waals surface area (Å²) in [6.07, 6.45) is -4.24. The van der Waals surface area contributed by atoms with Crippen molar-refractivity contribution in [2.24, 2.45) is 0 Å². The third-order valence-corrected chi connectivity index (χ3v) is 4.50. The summed E-state index contributed by atoms with van der Waals surface area (Å²) in [5.74, 6) is -7.15. The van der Waals surface area contributed by atoms with Crippen molar-refractivity contribution in [1.29, 1.82) is 0 Å². The highest BCUT2D eigenvalue weighted by atomic mass is 19.4. The molecule has 3 rings (SSSR count). The van der Waals surface area contributed by atoms with E-state index in [2.05, 4.69) is 25.4 Å². The second-order valence-corrected chi connectivity index (χ2v) is 7.08. The van der Waals surface area contributed by atoms with Crippen LogP contribution in [0.2, 0.25) is 0 Å². The fourth-order valence-corrected chi connectivity index (χ4v) is 2.71. The molecule has 2 aromatic carbocycles. The van der Waals surface area contributed by atoms with Gasteiger partial charge in [0.25, 0.3) is 0 Å². The van der Waals surface area contributed by atoms with E-state index in [-0.39, 0.29) is 35.1 Å². The van der Waals surface area contributed by atoms with E-state index in [0.29, 0.717) is 6.42 Å². The zero-order valence-electron chi connectivity index (χ0n) is 17.7. The molecule has 13 heteroatoms. The van der Waals surface area contributed by atoms with Gasteiger partial charge in [0, 0.05) is 23.7 Å². The van der Waals surface area contributed by atoms with Gasteiger partial charge in [0.2, 0.25) is 5.95 Å². The maximum absolute atomic E-state index is 13.9. The molecule has 0 amide bonds. The summed E-state index contributed by atoms with van der Waals surface area (Å²) in [7, 11) is 0. The molecule has 0 aliphatic carbocycles. The van der Waals surface area contributed by atoms with Crippen LogP contribution in [0.4, 0.5) is 48.2 Å². The van der Waals surface area contributed by atoms with Crippen LogP contribution >= 0.6 is 0 Å². The van der Waals surface area contributed by atoms with Crippen LogP contribution < -0.4 is 20.9 Å². The predicted molar refractivity (Wildman–Crippen MR) is 111 cm³/mol. The normalized spacial score (nSPS) is 12.3. The van der Waals surface area contributed by atoms with Crippen molar-refractivity contribution in [3.63, 3.8) is 0 Å². The lowest BCUT2D eigenvalue weighted by Gasteiger charge is -2.16. The van der Waals surface area contributed by atoms with Gasteiger partial charge in [-0.25, -0.2) is 22.5 Å². The van der Waals surface area contributed by atoms with Gasteiger partial charge in [-0.05, 0) is 25.5 Å². The minimum Gasteiger partial charge on any atom is -0.406 e. The first-order chi connectivity index (χ1) is 16.0. The van der Waals surface area contributed by atoms with E-state index in [1.165, 1.54) is 18.2 Å². The van der Waals surface area contributed by atoms with E-state index < -0.39 is 41.1 Å². The molecule has 0 fully saturated rings. The molecule has 34 heavy (non-hydrogen) atoms. The number of nitrogens with one attached hydrogen (secondary N) is 3. The molecule has 3 aromatic rings. The zero-order valence-corrected chi connectivity index (χ0v) is 17.7. The Hall–Kier alpha value is -3.77. The van der Waals surface area contributed by atoms with E-state index >= 15 is 0 Å². The van der Waals surface area contributed by atoms with Crippen molar-refractivity contribution < 1.29 is 35.5 Å². The molecule has 3 N–H and O–H groups in total. The Morgan fingerprint density at radius 2 is 1.62 bits per heavy atom. The standard InChI is InChI=1S/C21H18F7N5O/c1-3-10(2)29-20-30-15(11-5-4-6-12(7-11)34-21(26,27)28)9-16(31-20)32-33-19-17(24)13(22)8-14(23)18(19)25/h4-10,33H,3H2,1-2H3,(H2,29,30,31,32)/t10-/m0/s1. The number of aromatic nitrogens is 2. The van der Waals surface area contributed by atoms with Crippen molar-refractivity contribution >= 4 is 17.5 Å². The van der Waals surface area contributed by atoms with Gasteiger partial charge in [0.1, 0.15) is 11.4 Å². The van der Waals surface area contributed by atoms with Gasteiger partial charge in [-0.1, -0.05) is 19.1 Å². The second-order valence-electron chi connectivity index (χ2n) is 7.08. The Labute approximate surface area is 189 Å². The van der Waals surface area contributed by atoms with Crippen LogP contribution in [-0.2, 0) is 0 Å². The van der Waals surface area contributed by atoms with Gasteiger partial charge in [0.15, 0.2) is 29.1 Å². The lowest BCUT2D eigenvalue weighted by molar-refractivity contribution is -0.274. The molecule has 182 valence electrons. The molecule has 0 bridgehead atoms. The van der Waals surface area contributed by atoms with Crippen LogP contribution in [0.5, 0.6) is 5.75 Å². The van der Waals surface area contributed by atoms with Crippen molar-refractivity contribution in [2.45, 2.75) is 32.7 Å². The Bertz CT molecular complexity index is 1150. The Kier molecular flexibility index (Phi) is 7.32. The summed E-state index contributed by atoms with van der Waals surface area (Å²) in [6, 6.07) is 6.14. The van der Waals surface area contributed by atoms with Crippen molar-refractivity contribution in [3.8, 4) is 17.0 Å². The number of benzene rings is 2. The molecule has 0 saturated heterocycles. The molecular formula is C21H18F7N5O. The number of hydrogen-bond donors (Lipinski definition) is 3. The average molecular weight is 489 g/mol. The van der Waals surface area contributed by atoms with Gasteiger partial charge < -0.3 is 10.1 Å². The van der Waals surface area contributed by atoms with Gasteiger partial charge in [0.05, 0.1) is 5.69 Å². The monoisotopic (exact) mass is 489 g/mol. The highest BCUT2D eigenvalue weighted by Crippen LogP contribution is 2.29. The summed E-state index contributed by atoms with van der Waals surface area (Å²) < 4.78 is 96.4. The number of alkyl halides is 3. The Morgan fingerprint density at radius 3 is 2.24 bits per heavy atom. The minimum atomic E-state index is -4.90. The van der Waals surface area contributed by atoms with Gasteiger partial charge in [-0.3, -0.25) is 10.9 Å². The molecule has 0 spiro atoms. The number of anilines is 3. The highest BCUT2D eigenvalue weighted by Gasteiger charge is 2.31. The Balaban J connectivity index is 1.97. The van der Waals surface area contributed by atoms with E-state index in [0.717, 1.165) is 12.1 Å². The molecule has 6 nitrogen and oxygen atoms in total. The van der Waals surface area contributed by atoms with Crippen LogP contribution in [0.25, 0.3) is 11.3 Å². The lowest BCUT2D eigenvalue weighted by Crippen LogP contribution is -2.19. The summed E-state index contributed by atoms with van der Waals surface area (Å²) in [6.45, 7) is 3.70. The maximum atomic E-state index is 13.9. The molecule has 0 saturated carbocycles. The van der Waals surface area contributed by atoms with Crippen molar-refractivity contribution in [1.82, 2.24) is 9.97 Å². The van der Waals surface area contributed by atoms with Crippen LogP contribution in [0, 0.1) is 23.3 Å². The number of nitrogens with zero attached hydrogens (tertiary/aromatic N) is 2. The number of rotatable bonds is 8. The van der Waals surface area contributed by atoms with Gasteiger partial charge in [-0.2, -0.15) is 4.98 Å². The predicted octanol–water partition coefficient (Wildman–Crippen LogP) is 6.25.